The molecule has 1 aliphatic rings. The Kier molecular flexibility index (Phi) is 4.19. The van der Waals surface area contributed by atoms with E-state index in [2.05, 4.69) is 34.9 Å². The summed E-state index contributed by atoms with van der Waals surface area (Å²) < 4.78 is 0. The molecule has 2 heterocycles. The number of aliphatic hydroxyl groups is 1. The third-order valence-electron chi connectivity index (χ3n) is 3.80. The highest BCUT2D eigenvalue weighted by Crippen LogP contribution is 2.25. The van der Waals surface area contributed by atoms with Crippen LogP contribution in [-0.4, -0.2) is 48.2 Å². The van der Waals surface area contributed by atoms with Gasteiger partial charge in [-0.25, -0.2) is 0 Å². The minimum Gasteiger partial charge on any atom is -0.392 e. The Labute approximate surface area is 109 Å². The molecule has 0 bridgehead atoms. The van der Waals surface area contributed by atoms with Gasteiger partial charge in [0.15, 0.2) is 0 Å². The zero-order valence-corrected chi connectivity index (χ0v) is 11.6. The van der Waals surface area contributed by atoms with E-state index in [1.807, 2.05) is 6.92 Å². The average molecular weight is 249 g/mol. The number of aromatic nitrogens is 1. The fraction of sp³-hybridized carbons (Fsp3) is 0.643. The van der Waals surface area contributed by atoms with E-state index < -0.39 is 0 Å². The smallest absolute Gasteiger partial charge is 0.0717 e. The van der Waals surface area contributed by atoms with Crippen LogP contribution in [0.5, 0.6) is 0 Å². The van der Waals surface area contributed by atoms with Crippen LogP contribution in [0.15, 0.2) is 12.3 Å². The van der Waals surface area contributed by atoms with Crippen LogP contribution in [0.25, 0.3) is 0 Å². The fourth-order valence-corrected chi connectivity index (χ4v) is 2.61. The molecule has 2 rings (SSSR count). The van der Waals surface area contributed by atoms with Gasteiger partial charge in [-0.3, -0.25) is 4.98 Å². The highest BCUT2D eigenvalue weighted by molar-refractivity contribution is 5.53. The molecule has 1 N–H and O–H groups in total. The molecule has 0 aromatic carbocycles. The van der Waals surface area contributed by atoms with E-state index in [-0.39, 0.29) is 6.61 Å². The Morgan fingerprint density at radius 2 is 2.06 bits per heavy atom. The van der Waals surface area contributed by atoms with Crippen LogP contribution in [0.3, 0.4) is 0 Å². The number of anilines is 1. The number of piperidine rings is 1. The Morgan fingerprint density at radius 1 is 1.39 bits per heavy atom. The number of aliphatic hydroxyl groups excluding tert-OH is 1. The van der Waals surface area contributed by atoms with Gasteiger partial charge in [0, 0.05) is 42.3 Å². The zero-order chi connectivity index (χ0) is 13.1. The first-order valence-corrected chi connectivity index (χ1v) is 6.59. The topological polar surface area (TPSA) is 39.6 Å². The second-order valence-electron chi connectivity index (χ2n) is 5.29. The van der Waals surface area contributed by atoms with Gasteiger partial charge in [-0.1, -0.05) is 0 Å². The average Bonchev–Trinajstić information content (AvgIpc) is 2.39. The lowest BCUT2D eigenvalue weighted by atomic mass is 10.0. The molecule has 0 radical (unpaired) electrons. The van der Waals surface area contributed by atoms with Crippen LogP contribution in [0, 0.1) is 6.92 Å². The van der Waals surface area contributed by atoms with E-state index in [0.29, 0.717) is 6.04 Å². The minimum atomic E-state index is 0.0657. The minimum absolute atomic E-state index is 0.0657. The molecule has 4 heteroatoms. The number of hydrogen-bond donors (Lipinski definition) is 1. The molecule has 1 aromatic rings. The van der Waals surface area contributed by atoms with Crippen LogP contribution >= 0.6 is 0 Å². The molecule has 0 unspecified atom stereocenters. The van der Waals surface area contributed by atoms with Gasteiger partial charge in [0.05, 0.1) is 6.61 Å². The summed E-state index contributed by atoms with van der Waals surface area (Å²) in [5, 5.41) is 9.41. The summed E-state index contributed by atoms with van der Waals surface area (Å²) in [5.41, 5.74) is 3.10. The summed E-state index contributed by atoms with van der Waals surface area (Å²) >= 11 is 0. The number of aryl methyl sites for hydroxylation is 1. The number of hydrogen-bond acceptors (Lipinski definition) is 4. The number of rotatable bonds is 3. The molecule has 0 spiro atoms. The molecule has 18 heavy (non-hydrogen) atoms. The lowest BCUT2D eigenvalue weighted by molar-refractivity contribution is 0.248. The summed E-state index contributed by atoms with van der Waals surface area (Å²) in [4.78, 5) is 8.94. The molecule has 0 saturated carbocycles. The van der Waals surface area contributed by atoms with Crippen molar-refractivity contribution in [3.05, 3.63) is 23.5 Å². The molecule has 100 valence electrons. The Hall–Kier alpha value is -1.13. The Morgan fingerprint density at radius 3 is 2.61 bits per heavy atom. The summed E-state index contributed by atoms with van der Waals surface area (Å²) in [6.07, 6.45) is 4.15. The Bertz CT molecular complexity index is 398. The lowest BCUT2D eigenvalue weighted by Gasteiger charge is -2.37. The van der Waals surface area contributed by atoms with Crippen molar-refractivity contribution in [2.75, 3.05) is 32.1 Å². The third kappa shape index (κ3) is 2.82. The predicted molar refractivity (Wildman–Crippen MR) is 73.8 cm³/mol. The van der Waals surface area contributed by atoms with Crippen LogP contribution in [0.1, 0.15) is 24.1 Å². The van der Waals surface area contributed by atoms with Gasteiger partial charge in [-0.15, -0.1) is 0 Å². The van der Waals surface area contributed by atoms with E-state index in [1.165, 1.54) is 12.8 Å². The zero-order valence-electron chi connectivity index (χ0n) is 11.6. The van der Waals surface area contributed by atoms with Crippen LogP contribution in [0.2, 0.25) is 0 Å². The molecule has 1 aliphatic heterocycles. The van der Waals surface area contributed by atoms with Crippen molar-refractivity contribution in [2.45, 2.75) is 32.4 Å². The first-order valence-electron chi connectivity index (χ1n) is 6.59. The van der Waals surface area contributed by atoms with Gasteiger partial charge < -0.3 is 14.9 Å². The summed E-state index contributed by atoms with van der Waals surface area (Å²) in [7, 11) is 4.30. The molecule has 0 aliphatic carbocycles. The largest absolute Gasteiger partial charge is 0.392 e. The monoisotopic (exact) mass is 249 g/mol. The maximum Gasteiger partial charge on any atom is 0.0717 e. The van der Waals surface area contributed by atoms with Gasteiger partial charge in [-0.05, 0) is 39.9 Å². The standard InChI is InChI=1S/C14H23N3O/c1-11-8-14(12(10-18)9-15-11)17-6-4-13(5-7-17)16(2)3/h8-9,13,18H,4-7,10H2,1-3H3. The van der Waals surface area contributed by atoms with Crippen LogP contribution < -0.4 is 4.90 Å². The van der Waals surface area contributed by atoms with Crippen LogP contribution in [-0.2, 0) is 6.61 Å². The van der Waals surface area contributed by atoms with E-state index in [9.17, 15) is 5.11 Å². The third-order valence-corrected chi connectivity index (χ3v) is 3.80. The molecular formula is C14H23N3O. The molecular weight excluding hydrogens is 226 g/mol. The molecule has 4 nitrogen and oxygen atoms in total. The van der Waals surface area contributed by atoms with E-state index in [0.717, 1.165) is 30.0 Å². The predicted octanol–water partition coefficient (Wildman–Crippen LogP) is 1.41. The summed E-state index contributed by atoms with van der Waals surface area (Å²) in [5.74, 6) is 0. The second kappa shape index (κ2) is 5.67. The van der Waals surface area contributed by atoms with Crippen molar-refractivity contribution in [1.29, 1.82) is 0 Å². The normalized spacial score (nSPS) is 17.5. The lowest BCUT2D eigenvalue weighted by Crippen LogP contribution is -2.42. The van der Waals surface area contributed by atoms with Crippen LogP contribution in [0.4, 0.5) is 5.69 Å². The highest BCUT2D eigenvalue weighted by atomic mass is 16.3. The van der Waals surface area contributed by atoms with E-state index in [1.54, 1.807) is 6.20 Å². The first-order chi connectivity index (χ1) is 8.61. The van der Waals surface area contributed by atoms with Crippen molar-refractivity contribution in [1.82, 2.24) is 9.88 Å². The molecule has 1 aromatic heterocycles. The quantitative estimate of drug-likeness (QED) is 0.879. The van der Waals surface area contributed by atoms with Crippen molar-refractivity contribution < 1.29 is 5.11 Å². The Balaban J connectivity index is 2.11. The second-order valence-corrected chi connectivity index (χ2v) is 5.29. The summed E-state index contributed by atoms with van der Waals surface area (Å²) in [6.45, 7) is 4.17. The van der Waals surface area contributed by atoms with Gasteiger partial charge in [0.25, 0.3) is 0 Å². The van der Waals surface area contributed by atoms with Gasteiger partial charge in [-0.2, -0.15) is 0 Å². The molecule has 0 amide bonds. The fourth-order valence-electron chi connectivity index (χ4n) is 2.61. The van der Waals surface area contributed by atoms with Gasteiger partial charge in [0.2, 0.25) is 0 Å². The molecule has 1 saturated heterocycles. The SMILES string of the molecule is Cc1cc(N2CCC(N(C)C)CC2)c(CO)cn1. The first kappa shape index (κ1) is 13.3. The number of pyridine rings is 1. The maximum atomic E-state index is 9.41. The van der Waals surface area contributed by atoms with E-state index >= 15 is 0 Å². The summed E-state index contributed by atoms with van der Waals surface area (Å²) in [6, 6.07) is 2.77. The van der Waals surface area contributed by atoms with Crippen molar-refractivity contribution in [2.24, 2.45) is 0 Å². The van der Waals surface area contributed by atoms with Crippen molar-refractivity contribution in [3.63, 3.8) is 0 Å². The molecule has 1 fully saturated rings. The van der Waals surface area contributed by atoms with Crippen molar-refractivity contribution in [3.8, 4) is 0 Å². The number of nitrogens with zero attached hydrogens (tertiary/aromatic N) is 3. The maximum absolute atomic E-state index is 9.41. The van der Waals surface area contributed by atoms with Gasteiger partial charge >= 0.3 is 0 Å². The van der Waals surface area contributed by atoms with Crippen molar-refractivity contribution >= 4 is 5.69 Å². The van der Waals surface area contributed by atoms with Gasteiger partial charge in [0.1, 0.15) is 0 Å². The highest BCUT2D eigenvalue weighted by Gasteiger charge is 2.22. The molecule has 0 atom stereocenters. The van der Waals surface area contributed by atoms with E-state index in [4.69, 9.17) is 0 Å².